The molecule has 0 bridgehead atoms. The minimum atomic E-state index is -0.721. The highest BCUT2D eigenvalue weighted by Gasteiger charge is 2.05. The molecule has 2 aromatic rings. The monoisotopic (exact) mass is 333 g/mol. The average molecular weight is 334 g/mol. The van der Waals surface area contributed by atoms with E-state index in [1.54, 1.807) is 43.5 Å². The minimum Gasteiger partial charge on any atom is -0.496 e. The van der Waals surface area contributed by atoms with E-state index in [2.05, 4.69) is 10.5 Å². The Labute approximate surface area is 138 Å². The molecule has 0 heterocycles. The van der Waals surface area contributed by atoms with Gasteiger partial charge in [0.1, 0.15) is 18.1 Å². The molecule has 0 saturated heterocycles. The van der Waals surface area contributed by atoms with Crippen LogP contribution in [0.15, 0.2) is 47.6 Å². The van der Waals surface area contributed by atoms with E-state index in [1.165, 1.54) is 6.21 Å². The lowest BCUT2D eigenvalue weighted by molar-refractivity contribution is 0.249. The number of benzene rings is 2. The maximum Gasteiger partial charge on any atom is 0.332 e. The first-order valence-electron chi connectivity index (χ1n) is 6.72. The summed E-state index contributed by atoms with van der Waals surface area (Å²) in [6, 6.07) is 11.8. The summed E-state index contributed by atoms with van der Waals surface area (Å²) in [5.41, 5.74) is 8.69. The Morgan fingerprint density at radius 1 is 1.30 bits per heavy atom. The number of rotatable bonds is 6. The second-order valence-electron chi connectivity index (χ2n) is 4.55. The number of nitrogens with one attached hydrogen (secondary N) is 1. The number of nitrogens with zero attached hydrogens (tertiary/aromatic N) is 1. The molecule has 0 radical (unpaired) electrons. The lowest BCUT2D eigenvalue weighted by Gasteiger charge is -2.11. The Morgan fingerprint density at radius 2 is 2.04 bits per heavy atom. The number of halogens is 1. The van der Waals surface area contributed by atoms with Crippen molar-refractivity contribution in [2.24, 2.45) is 10.8 Å². The van der Waals surface area contributed by atoms with E-state index in [9.17, 15) is 4.79 Å². The predicted molar refractivity (Wildman–Crippen MR) is 89.1 cm³/mol. The van der Waals surface area contributed by atoms with Crippen LogP contribution in [0.25, 0.3) is 0 Å². The topological polar surface area (TPSA) is 85.9 Å². The van der Waals surface area contributed by atoms with Crippen LogP contribution in [-0.4, -0.2) is 19.4 Å². The Morgan fingerprint density at radius 3 is 2.70 bits per heavy atom. The van der Waals surface area contributed by atoms with E-state index in [4.69, 9.17) is 26.8 Å². The fraction of sp³-hybridized carbons (Fsp3) is 0.125. The molecule has 0 aromatic heterocycles. The first-order valence-corrected chi connectivity index (χ1v) is 7.10. The van der Waals surface area contributed by atoms with Crippen molar-refractivity contribution in [2.75, 3.05) is 7.11 Å². The lowest BCUT2D eigenvalue weighted by Crippen LogP contribution is -2.24. The van der Waals surface area contributed by atoms with Crippen molar-refractivity contribution in [3.63, 3.8) is 0 Å². The molecule has 0 aliphatic heterocycles. The number of hydrogen-bond acceptors (Lipinski definition) is 4. The van der Waals surface area contributed by atoms with Gasteiger partial charge in [-0.2, -0.15) is 5.10 Å². The van der Waals surface area contributed by atoms with E-state index in [-0.39, 0.29) is 0 Å². The van der Waals surface area contributed by atoms with Crippen LogP contribution in [0.3, 0.4) is 0 Å². The SMILES string of the molecule is COc1ccc(C=NNC(N)=O)cc1COc1ccc(Cl)cc1. The van der Waals surface area contributed by atoms with Gasteiger partial charge in [0.15, 0.2) is 0 Å². The number of hydrazone groups is 1. The highest BCUT2D eigenvalue weighted by Crippen LogP contribution is 2.22. The van der Waals surface area contributed by atoms with Gasteiger partial charge in [-0.25, -0.2) is 10.2 Å². The maximum absolute atomic E-state index is 10.6. The number of ether oxygens (including phenoxy) is 2. The molecule has 6 nitrogen and oxygen atoms in total. The molecule has 0 atom stereocenters. The number of hydrogen-bond donors (Lipinski definition) is 2. The van der Waals surface area contributed by atoms with Crippen molar-refractivity contribution in [1.82, 2.24) is 5.43 Å². The van der Waals surface area contributed by atoms with E-state index in [1.807, 2.05) is 6.07 Å². The lowest BCUT2D eigenvalue weighted by atomic mass is 10.1. The van der Waals surface area contributed by atoms with Crippen LogP contribution in [0.4, 0.5) is 4.79 Å². The van der Waals surface area contributed by atoms with Gasteiger partial charge in [0, 0.05) is 10.6 Å². The molecule has 0 aliphatic rings. The van der Waals surface area contributed by atoms with E-state index >= 15 is 0 Å². The summed E-state index contributed by atoms with van der Waals surface area (Å²) in [5.74, 6) is 1.39. The van der Waals surface area contributed by atoms with Gasteiger partial charge < -0.3 is 15.2 Å². The highest BCUT2D eigenvalue weighted by atomic mass is 35.5. The number of methoxy groups -OCH3 is 1. The van der Waals surface area contributed by atoms with Crippen LogP contribution >= 0.6 is 11.6 Å². The summed E-state index contributed by atoms with van der Waals surface area (Å²) >= 11 is 5.84. The highest BCUT2D eigenvalue weighted by molar-refractivity contribution is 6.30. The van der Waals surface area contributed by atoms with Gasteiger partial charge in [0.25, 0.3) is 0 Å². The fourth-order valence-electron chi connectivity index (χ4n) is 1.85. The molecule has 0 spiro atoms. The largest absolute Gasteiger partial charge is 0.496 e. The first-order chi connectivity index (χ1) is 11.1. The molecular weight excluding hydrogens is 318 g/mol. The Kier molecular flexibility index (Phi) is 5.82. The summed E-state index contributed by atoms with van der Waals surface area (Å²) in [4.78, 5) is 10.6. The molecule has 2 rings (SSSR count). The van der Waals surface area contributed by atoms with Gasteiger partial charge in [-0.1, -0.05) is 11.6 Å². The van der Waals surface area contributed by atoms with Crippen LogP contribution in [0.2, 0.25) is 5.02 Å². The quantitative estimate of drug-likeness (QED) is 0.629. The molecule has 0 fully saturated rings. The predicted octanol–water partition coefficient (Wildman–Crippen LogP) is 2.93. The number of amides is 2. The summed E-state index contributed by atoms with van der Waals surface area (Å²) in [7, 11) is 1.59. The van der Waals surface area contributed by atoms with Crippen LogP contribution in [0.5, 0.6) is 11.5 Å². The van der Waals surface area contributed by atoms with Gasteiger partial charge in [-0.05, 0) is 48.0 Å². The van der Waals surface area contributed by atoms with Crippen LogP contribution < -0.4 is 20.6 Å². The standard InChI is InChI=1S/C16H16ClN3O3/c1-22-15-7-2-11(9-19-20-16(18)21)8-12(15)10-23-14-5-3-13(17)4-6-14/h2-9H,10H2,1H3,(H3,18,20,21). The third-order valence-corrected chi connectivity index (χ3v) is 3.15. The number of nitrogens with two attached hydrogens (primary N) is 1. The summed E-state index contributed by atoms with van der Waals surface area (Å²) in [5, 5.41) is 4.37. The Balaban J connectivity index is 2.10. The fourth-order valence-corrected chi connectivity index (χ4v) is 1.98. The third kappa shape index (κ3) is 5.19. The van der Waals surface area contributed by atoms with Crippen LogP contribution in [-0.2, 0) is 6.61 Å². The zero-order valence-corrected chi connectivity index (χ0v) is 13.2. The summed E-state index contributed by atoms with van der Waals surface area (Å²) in [6.07, 6.45) is 1.48. The number of carbonyl (C=O) groups excluding carboxylic acids is 1. The van der Waals surface area contributed by atoms with Gasteiger partial charge >= 0.3 is 6.03 Å². The van der Waals surface area contributed by atoms with Gasteiger partial charge in [0.05, 0.1) is 13.3 Å². The van der Waals surface area contributed by atoms with E-state index < -0.39 is 6.03 Å². The second-order valence-corrected chi connectivity index (χ2v) is 4.98. The molecule has 120 valence electrons. The van der Waals surface area contributed by atoms with Crippen molar-refractivity contribution in [3.05, 3.63) is 58.6 Å². The number of primary amides is 1. The van der Waals surface area contributed by atoms with Crippen molar-refractivity contribution in [2.45, 2.75) is 6.61 Å². The molecule has 23 heavy (non-hydrogen) atoms. The third-order valence-electron chi connectivity index (χ3n) is 2.90. The molecule has 7 heteroatoms. The molecule has 0 aliphatic carbocycles. The van der Waals surface area contributed by atoms with Crippen molar-refractivity contribution < 1.29 is 14.3 Å². The van der Waals surface area contributed by atoms with Crippen molar-refractivity contribution in [1.29, 1.82) is 0 Å². The van der Waals surface area contributed by atoms with Crippen LogP contribution in [0, 0.1) is 0 Å². The van der Waals surface area contributed by atoms with Gasteiger partial charge in [0.2, 0.25) is 0 Å². The van der Waals surface area contributed by atoms with Crippen molar-refractivity contribution in [3.8, 4) is 11.5 Å². The first kappa shape index (κ1) is 16.6. The summed E-state index contributed by atoms with van der Waals surface area (Å²) in [6.45, 7) is 0.315. The molecule has 0 unspecified atom stereocenters. The molecule has 3 N–H and O–H groups in total. The Bertz CT molecular complexity index is 702. The van der Waals surface area contributed by atoms with E-state index in [0.717, 1.165) is 11.1 Å². The molecule has 2 aromatic carbocycles. The van der Waals surface area contributed by atoms with Gasteiger partial charge in [-0.15, -0.1) is 0 Å². The Hall–Kier alpha value is -2.73. The molecule has 2 amide bonds. The maximum atomic E-state index is 10.6. The molecular formula is C16H16ClN3O3. The minimum absolute atomic E-state index is 0.315. The zero-order valence-electron chi connectivity index (χ0n) is 12.5. The normalized spacial score (nSPS) is 10.5. The second kappa shape index (κ2) is 8.05. The van der Waals surface area contributed by atoms with Crippen molar-refractivity contribution >= 4 is 23.8 Å². The zero-order chi connectivity index (χ0) is 16.7. The van der Waals surface area contributed by atoms with Crippen LogP contribution in [0.1, 0.15) is 11.1 Å². The number of carbonyl (C=O) groups is 1. The summed E-state index contributed by atoms with van der Waals surface area (Å²) < 4.78 is 11.0. The smallest absolute Gasteiger partial charge is 0.332 e. The van der Waals surface area contributed by atoms with E-state index in [0.29, 0.717) is 23.1 Å². The molecule has 0 saturated carbocycles. The number of urea groups is 1. The average Bonchev–Trinajstić information content (AvgIpc) is 2.54. The van der Waals surface area contributed by atoms with Gasteiger partial charge in [-0.3, -0.25) is 0 Å².